The van der Waals surface area contributed by atoms with Crippen molar-refractivity contribution in [3.05, 3.63) is 11.9 Å². The average molecular weight is 756 g/mol. The Bertz CT molecular complexity index is 1340. The van der Waals surface area contributed by atoms with Crippen molar-refractivity contribution in [2.75, 3.05) is 46.0 Å². The number of aliphatic hydroxyl groups excluding tert-OH is 10. The maximum Gasteiger partial charge on any atom is 0.237 e. The predicted octanol–water partition coefficient (Wildman–Crippen LogP) is -4.84. The van der Waals surface area contributed by atoms with E-state index in [1.54, 1.807) is 15.8 Å². The Morgan fingerprint density at radius 3 is 2.09 bits per heavy atom. The summed E-state index contributed by atoms with van der Waals surface area (Å²) in [7, 11) is 0. The Morgan fingerprint density at radius 2 is 1.53 bits per heavy atom. The monoisotopic (exact) mass is 755 g/mol. The van der Waals surface area contributed by atoms with Crippen LogP contribution in [0.15, 0.2) is 6.20 Å². The van der Waals surface area contributed by atoms with E-state index in [1.165, 1.54) is 4.90 Å². The number of nitriles is 1. The molecule has 6 rings (SSSR count). The first-order valence-electron chi connectivity index (χ1n) is 18.6. The van der Waals surface area contributed by atoms with Crippen molar-refractivity contribution in [3.63, 3.8) is 0 Å². The summed E-state index contributed by atoms with van der Waals surface area (Å²) in [5, 5.41) is 121. The number of carbonyl (C=O) groups is 1. The molecule has 19 nitrogen and oxygen atoms in total. The molecule has 4 bridgehead atoms. The van der Waals surface area contributed by atoms with E-state index in [2.05, 4.69) is 21.7 Å². The lowest BCUT2D eigenvalue weighted by Gasteiger charge is -2.62. The molecule has 4 saturated carbocycles. The second-order valence-corrected chi connectivity index (χ2v) is 15.8. The lowest BCUT2D eigenvalue weighted by molar-refractivity contribution is -0.177. The molecule has 1 aliphatic heterocycles. The van der Waals surface area contributed by atoms with Gasteiger partial charge in [0.2, 0.25) is 5.91 Å². The molecule has 0 spiro atoms. The molecule has 300 valence electrons. The molecule has 5 aliphatic rings. The van der Waals surface area contributed by atoms with Crippen molar-refractivity contribution in [1.29, 1.82) is 5.26 Å². The Morgan fingerprint density at radius 1 is 0.943 bits per heavy atom. The fraction of sp³-hybridized carbons (Fsp3) is 0.882. The predicted molar refractivity (Wildman–Crippen MR) is 182 cm³/mol. The number of nitrogens with one attached hydrogen (secondary N) is 1. The number of ether oxygens (including phenoxy) is 1. The topological polar surface area (TPSA) is 302 Å². The van der Waals surface area contributed by atoms with E-state index in [-0.39, 0.29) is 36.2 Å². The van der Waals surface area contributed by atoms with Gasteiger partial charge in [-0.05, 0) is 63.2 Å². The summed E-state index contributed by atoms with van der Waals surface area (Å²) >= 11 is 0. The normalized spacial score (nSPS) is 31.2. The SMILES string of the molecule is N#CC1CCCN1C(=O)CNC12CC3C[C@@H](C1)CC(OCCn1cc(CN(C[C@H](O)[C@@H](O)[C@H](O)[C@H](O)CO)C[C@H](O)[C@@H](O)[C@H](O)[C@H](O)CO)nn1)(C3)C2. The van der Waals surface area contributed by atoms with Gasteiger partial charge in [-0.2, -0.15) is 5.26 Å². The van der Waals surface area contributed by atoms with Crippen LogP contribution in [-0.2, 0) is 22.6 Å². The third-order valence-corrected chi connectivity index (χ3v) is 11.6. The van der Waals surface area contributed by atoms with E-state index in [0.29, 0.717) is 43.6 Å². The van der Waals surface area contributed by atoms with Crippen LogP contribution in [0.4, 0.5) is 0 Å². The van der Waals surface area contributed by atoms with E-state index in [1.807, 2.05) is 0 Å². The van der Waals surface area contributed by atoms with Crippen molar-refractivity contribution < 1.29 is 60.6 Å². The number of aromatic nitrogens is 3. The Balaban J connectivity index is 1.18. The van der Waals surface area contributed by atoms with E-state index in [9.17, 15) is 50.9 Å². The standard InChI is InChI=1S/C34H57N7O12/c35-11-23-2-1-3-41(23)28(48)12-36-33-7-20-6-21(8-33)10-34(9-20,19-33)53-5-4-40-14-22(37-38-40)13-39(15-24(44)29(49)31(51)26(46)17-42)16-25(45)30(50)32(52)27(47)18-43/h14,20-21,23-27,29-32,36,42-47,49-52H,1-10,12-13,15-19H2/t20-,21?,23?,24-,25-,26+,27+,29+,30+,31+,32+,33?,34?/m0/s1. The Hall–Kier alpha value is -2.42. The van der Waals surface area contributed by atoms with Gasteiger partial charge in [-0.3, -0.25) is 9.69 Å². The number of carbonyl (C=O) groups excluding carboxylic acids is 1. The van der Waals surface area contributed by atoms with Crippen LogP contribution in [-0.4, -0.2) is 194 Å². The zero-order valence-corrected chi connectivity index (χ0v) is 29.9. The molecule has 1 aromatic heterocycles. The van der Waals surface area contributed by atoms with Crippen LogP contribution in [0.25, 0.3) is 0 Å². The highest BCUT2D eigenvalue weighted by Gasteiger charge is 2.58. The van der Waals surface area contributed by atoms with Gasteiger partial charge in [0.15, 0.2) is 0 Å². The van der Waals surface area contributed by atoms with Crippen LogP contribution in [0.2, 0.25) is 0 Å². The molecule has 0 radical (unpaired) electrons. The number of hydrogen-bond donors (Lipinski definition) is 11. The highest BCUT2D eigenvalue weighted by molar-refractivity contribution is 5.79. The van der Waals surface area contributed by atoms with E-state index in [4.69, 9.17) is 14.9 Å². The summed E-state index contributed by atoms with van der Waals surface area (Å²) in [6.45, 7) is -1.20. The molecule has 5 fully saturated rings. The first-order chi connectivity index (χ1) is 25.2. The highest BCUT2D eigenvalue weighted by Crippen LogP contribution is 2.58. The summed E-state index contributed by atoms with van der Waals surface area (Å²) in [5.41, 5.74) is -0.167. The summed E-state index contributed by atoms with van der Waals surface area (Å²) in [4.78, 5) is 16.1. The molecule has 13 atom stereocenters. The minimum Gasteiger partial charge on any atom is -0.394 e. The second kappa shape index (κ2) is 18.0. The third-order valence-electron chi connectivity index (χ3n) is 11.6. The number of aliphatic hydroxyl groups is 10. The average Bonchev–Trinajstić information content (AvgIpc) is 3.80. The lowest BCUT2D eigenvalue weighted by atomic mass is 9.51. The first kappa shape index (κ1) is 41.7. The zero-order chi connectivity index (χ0) is 38.5. The minimum atomic E-state index is -1.91. The van der Waals surface area contributed by atoms with Crippen LogP contribution in [0.1, 0.15) is 57.1 Å². The van der Waals surface area contributed by atoms with Gasteiger partial charge in [0.05, 0.1) is 62.5 Å². The van der Waals surface area contributed by atoms with Gasteiger partial charge in [-0.1, -0.05) is 5.21 Å². The van der Waals surface area contributed by atoms with Crippen molar-refractivity contribution in [2.24, 2.45) is 11.8 Å². The van der Waals surface area contributed by atoms with Crippen molar-refractivity contribution >= 4 is 5.91 Å². The van der Waals surface area contributed by atoms with Crippen LogP contribution in [0.5, 0.6) is 0 Å². The smallest absolute Gasteiger partial charge is 0.237 e. The van der Waals surface area contributed by atoms with E-state index >= 15 is 0 Å². The molecule has 1 aromatic rings. The molecule has 2 heterocycles. The summed E-state index contributed by atoms with van der Waals surface area (Å²) in [6, 6.07) is 1.89. The molecular weight excluding hydrogens is 698 g/mol. The van der Waals surface area contributed by atoms with E-state index in [0.717, 1.165) is 44.9 Å². The molecule has 1 saturated heterocycles. The van der Waals surface area contributed by atoms with Gasteiger partial charge in [0, 0.05) is 37.9 Å². The van der Waals surface area contributed by atoms with Crippen molar-refractivity contribution in [1.82, 2.24) is 30.1 Å². The molecular formula is C34H57N7O12. The molecule has 0 aromatic carbocycles. The molecule has 19 heteroatoms. The molecule has 4 aliphatic carbocycles. The summed E-state index contributed by atoms with van der Waals surface area (Å²) in [6.07, 6.45) is -5.52. The van der Waals surface area contributed by atoms with Crippen LogP contribution < -0.4 is 5.32 Å². The van der Waals surface area contributed by atoms with Gasteiger partial charge in [0.25, 0.3) is 0 Å². The molecule has 11 N–H and O–H groups in total. The molecule has 1 amide bonds. The Kier molecular flexibility index (Phi) is 14.2. The summed E-state index contributed by atoms with van der Waals surface area (Å²) in [5.74, 6) is 0.948. The number of hydrogen-bond acceptors (Lipinski definition) is 17. The minimum absolute atomic E-state index is 0.0344. The van der Waals surface area contributed by atoms with Crippen molar-refractivity contribution in [2.45, 2.75) is 130 Å². The third kappa shape index (κ3) is 10.1. The van der Waals surface area contributed by atoms with Gasteiger partial charge in [-0.15, -0.1) is 5.10 Å². The van der Waals surface area contributed by atoms with Crippen LogP contribution in [0.3, 0.4) is 0 Å². The summed E-state index contributed by atoms with van der Waals surface area (Å²) < 4.78 is 8.21. The lowest BCUT2D eigenvalue weighted by Crippen LogP contribution is -2.66. The van der Waals surface area contributed by atoms with Gasteiger partial charge < -0.3 is 66.0 Å². The number of nitrogens with zero attached hydrogens (tertiary/aromatic N) is 6. The second-order valence-electron chi connectivity index (χ2n) is 15.8. The van der Waals surface area contributed by atoms with E-state index < -0.39 is 75.1 Å². The Labute approximate surface area is 308 Å². The number of likely N-dealkylation sites (tertiary alicyclic amines) is 1. The molecule has 53 heavy (non-hydrogen) atoms. The molecule has 4 unspecified atom stereocenters. The quantitative estimate of drug-likeness (QED) is 0.0561. The fourth-order valence-corrected chi connectivity index (χ4v) is 9.30. The zero-order valence-electron chi connectivity index (χ0n) is 29.9. The van der Waals surface area contributed by atoms with Crippen LogP contribution in [0, 0.1) is 23.2 Å². The largest absolute Gasteiger partial charge is 0.394 e. The van der Waals surface area contributed by atoms with Crippen LogP contribution >= 0.6 is 0 Å². The number of rotatable bonds is 21. The van der Waals surface area contributed by atoms with Gasteiger partial charge >= 0.3 is 0 Å². The fourth-order valence-electron chi connectivity index (χ4n) is 9.30. The van der Waals surface area contributed by atoms with Gasteiger partial charge in [-0.25, -0.2) is 4.68 Å². The maximum absolute atomic E-state index is 13.0. The maximum atomic E-state index is 13.0. The first-order valence-corrected chi connectivity index (χ1v) is 18.6. The number of amides is 1. The highest BCUT2D eigenvalue weighted by atomic mass is 16.5. The van der Waals surface area contributed by atoms with Crippen molar-refractivity contribution in [3.8, 4) is 6.07 Å². The van der Waals surface area contributed by atoms with Gasteiger partial charge in [0.1, 0.15) is 42.7 Å².